The van der Waals surface area contributed by atoms with Gasteiger partial charge in [0.1, 0.15) is 0 Å². The summed E-state index contributed by atoms with van der Waals surface area (Å²) in [5, 5.41) is 4.00. The van der Waals surface area contributed by atoms with E-state index in [1.165, 1.54) is 0 Å². The number of carbonyl (C=O) groups is 2. The summed E-state index contributed by atoms with van der Waals surface area (Å²) in [7, 11) is 0. The van der Waals surface area contributed by atoms with E-state index in [9.17, 15) is 14.4 Å². The molecule has 0 aliphatic heterocycles. The van der Waals surface area contributed by atoms with Gasteiger partial charge in [0.2, 0.25) is 5.91 Å². The van der Waals surface area contributed by atoms with Crippen molar-refractivity contribution in [3.8, 4) is 0 Å². The van der Waals surface area contributed by atoms with Gasteiger partial charge in [-0.25, -0.2) is 0 Å². The molecule has 0 aliphatic rings. The Hall–Kier alpha value is -2.92. The lowest BCUT2D eigenvalue weighted by Gasteiger charge is -2.08. The Balaban J connectivity index is 1.62. The minimum Gasteiger partial charge on any atom is -0.352 e. The van der Waals surface area contributed by atoms with Crippen LogP contribution in [0.3, 0.4) is 0 Å². The van der Waals surface area contributed by atoms with E-state index in [1.807, 2.05) is 26.0 Å². The molecule has 2 aromatic carbocycles. The zero-order valence-electron chi connectivity index (χ0n) is 15.8. The van der Waals surface area contributed by atoms with E-state index in [-0.39, 0.29) is 36.6 Å². The highest BCUT2D eigenvalue weighted by molar-refractivity contribution is 6.34. The number of pyridine rings is 1. The zero-order valence-corrected chi connectivity index (χ0v) is 16.5. The van der Waals surface area contributed by atoms with Gasteiger partial charge in [-0.15, -0.1) is 0 Å². The molecule has 0 atom stereocenters. The molecule has 1 heterocycles. The maximum absolute atomic E-state index is 12.3. The highest BCUT2D eigenvalue weighted by Gasteiger charge is 2.12. The first-order valence-electron chi connectivity index (χ1n) is 9.02. The van der Waals surface area contributed by atoms with Crippen LogP contribution in [0.1, 0.15) is 39.9 Å². The third kappa shape index (κ3) is 4.49. The van der Waals surface area contributed by atoms with Crippen LogP contribution in [0.25, 0.3) is 10.9 Å². The van der Waals surface area contributed by atoms with E-state index in [4.69, 9.17) is 11.6 Å². The van der Waals surface area contributed by atoms with Gasteiger partial charge < -0.3 is 10.3 Å². The highest BCUT2D eigenvalue weighted by atomic mass is 35.5. The Morgan fingerprint density at radius 1 is 1.04 bits per heavy atom. The fourth-order valence-corrected chi connectivity index (χ4v) is 3.23. The Kier molecular flexibility index (Phi) is 5.95. The molecule has 0 bridgehead atoms. The van der Waals surface area contributed by atoms with Crippen molar-refractivity contribution in [3.05, 3.63) is 80.1 Å². The number of benzene rings is 2. The predicted molar refractivity (Wildman–Crippen MR) is 111 cm³/mol. The topological polar surface area (TPSA) is 79.0 Å². The quantitative estimate of drug-likeness (QED) is 0.616. The van der Waals surface area contributed by atoms with Crippen molar-refractivity contribution < 1.29 is 9.59 Å². The number of halogens is 1. The molecule has 2 N–H and O–H groups in total. The fourth-order valence-electron chi connectivity index (χ4n) is 2.98. The van der Waals surface area contributed by atoms with Crippen molar-refractivity contribution in [1.29, 1.82) is 0 Å². The lowest BCUT2D eigenvalue weighted by atomic mass is 10.0. The number of ketones is 1. The number of nitrogens with one attached hydrogen (secondary N) is 2. The molecule has 0 saturated carbocycles. The number of H-pyrrole nitrogens is 1. The molecule has 1 amide bonds. The van der Waals surface area contributed by atoms with Gasteiger partial charge in [-0.1, -0.05) is 23.7 Å². The minimum absolute atomic E-state index is 0.0356. The maximum Gasteiger partial charge on any atom is 0.253 e. The number of hydrogen-bond acceptors (Lipinski definition) is 3. The van der Waals surface area contributed by atoms with Gasteiger partial charge in [0.25, 0.3) is 5.56 Å². The number of aryl methyl sites for hydroxylation is 2. The molecule has 0 unspecified atom stereocenters. The SMILES string of the molecule is Cc1cc2cc(CNC(=O)CCC(=O)c3ccccc3Cl)c(=O)[nH]c2cc1C. The number of Topliss-reactive ketones (excluding diaryl/α,β-unsaturated/α-hetero) is 1. The van der Waals surface area contributed by atoms with E-state index in [0.717, 1.165) is 22.0 Å². The van der Waals surface area contributed by atoms with Crippen molar-refractivity contribution in [2.24, 2.45) is 0 Å². The summed E-state index contributed by atoms with van der Waals surface area (Å²) in [5.41, 5.74) is 3.66. The Morgan fingerprint density at radius 3 is 2.50 bits per heavy atom. The van der Waals surface area contributed by atoms with Gasteiger partial charge in [0, 0.05) is 36.0 Å². The van der Waals surface area contributed by atoms with E-state index in [1.54, 1.807) is 30.3 Å². The standard InChI is InChI=1S/C22H21ClN2O3/c1-13-9-15-11-16(22(28)25-19(15)10-14(13)2)12-24-21(27)8-7-20(26)17-5-3-4-6-18(17)23/h3-6,9-11H,7-8,12H2,1-2H3,(H,24,27)(H,25,28). The number of amides is 1. The van der Waals surface area contributed by atoms with Gasteiger partial charge in [-0.2, -0.15) is 0 Å². The summed E-state index contributed by atoms with van der Waals surface area (Å²) < 4.78 is 0. The molecule has 0 spiro atoms. The highest BCUT2D eigenvalue weighted by Crippen LogP contribution is 2.18. The number of aromatic nitrogens is 1. The van der Waals surface area contributed by atoms with Crippen LogP contribution in [-0.4, -0.2) is 16.7 Å². The average Bonchev–Trinajstić information content (AvgIpc) is 2.66. The fraction of sp³-hybridized carbons (Fsp3) is 0.227. The first-order valence-corrected chi connectivity index (χ1v) is 9.40. The van der Waals surface area contributed by atoms with Crippen molar-refractivity contribution in [2.75, 3.05) is 0 Å². The molecule has 6 heteroatoms. The predicted octanol–water partition coefficient (Wildman–Crippen LogP) is 4.08. The average molecular weight is 397 g/mol. The molecule has 0 aliphatic carbocycles. The second kappa shape index (κ2) is 8.40. The van der Waals surface area contributed by atoms with Crippen LogP contribution < -0.4 is 10.9 Å². The zero-order chi connectivity index (χ0) is 20.3. The molecule has 1 aromatic heterocycles. The summed E-state index contributed by atoms with van der Waals surface area (Å²) in [5.74, 6) is -0.477. The Bertz CT molecular complexity index is 1120. The molecule has 0 fully saturated rings. The van der Waals surface area contributed by atoms with Crippen molar-refractivity contribution in [2.45, 2.75) is 33.2 Å². The minimum atomic E-state index is -0.292. The number of hydrogen-bond donors (Lipinski definition) is 2. The molecule has 3 rings (SSSR count). The van der Waals surface area contributed by atoms with Crippen LogP contribution in [-0.2, 0) is 11.3 Å². The second-order valence-electron chi connectivity index (χ2n) is 6.83. The van der Waals surface area contributed by atoms with Gasteiger partial charge in [0.05, 0.1) is 5.02 Å². The molecule has 0 saturated heterocycles. The third-order valence-corrected chi connectivity index (χ3v) is 5.09. The molecule has 0 radical (unpaired) electrons. The summed E-state index contributed by atoms with van der Waals surface area (Å²) >= 11 is 6.00. The second-order valence-corrected chi connectivity index (χ2v) is 7.23. The van der Waals surface area contributed by atoms with Crippen molar-refractivity contribution in [3.63, 3.8) is 0 Å². The van der Waals surface area contributed by atoms with E-state index < -0.39 is 0 Å². The van der Waals surface area contributed by atoms with Crippen LogP contribution >= 0.6 is 11.6 Å². The summed E-state index contributed by atoms with van der Waals surface area (Å²) in [4.78, 5) is 39.4. The molecule has 144 valence electrons. The van der Waals surface area contributed by atoms with E-state index in [0.29, 0.717) is 16.1 Å². The monoisotopic (exact) mass is 396 g/mol. The molecular weight excluding hydrogens is 376 g/mol. The summed E-state index contributed by atoms with van der Waals surface area (Å²) in [6.45, 7) is 4.11. The molecule has 3 aromatic rings. The number of fused-ring (bicyclic) bond motifs is 1. The largest absolute Gasteiger partial charge is 0.352 e. The van der Waals surface area contributed by atoms with E-state index >= 15 is 0 Å². The lowest BCUT2D eigenvalue weighted by Crippen LogP contribution is -2.27. The van der Waals surface area contributed by atoms with E-state index in [2.05, 4.69) is 10.3 Å². The molecule has 5 nitrogen and oxygen atoms in total. The van der Waals surface area contributed by atoms with Crippen LogP contribution in [0.5, 0.6) is 0 Å². The van der Waals surface area contributed by atoms with Gasteiger partial charge in [0.15, 0.2) is 5.78 Å². The number of rotatable bonds is 6. The van der Waals surface area contributed by atoms with Crippen LogP contribution in [0, 0.1) is 13.8 Å². The van der Waals surface area contributed by atoms with Crippen molar-refractivity contribution in [1.82, 2.24) is 10.3 Å². The Labute approximate surface area is 167 Å². The van der Waals surface area contributed by atoms with Gasteiger partial charge >= 0.3 is 0 Å². The Morgan fingerprint density at radius 2 is 1.75 bits per heavy atom. The summed E-state index contributed by atoms with van der Waals surface area (Å²) in [6, 6.07) is 12.5. The number of aromatic amines is 1. The third-order valence-electron chi connectivity index (χ3n) is 4.76. The maximum atomic E-state index is 12.3. The molecular formula is C22H21ClN2O3. The normalized spacial score (nSPS) is 10.8. The van der Waals surface area contributed by atoms with Gasteiger partial charge in [-0.05, 0) is 60.7 Å². The van der Waals surface area contributed by atoms with Crippen LogP contribution in [0.4, 0.5) is 0 Å². The van der Waals surface area contributed by atoms with Gasteiger partial charge in [-0.3, -0.25) is 14.4 Å². The molecule has 28 heavy (non-hydrogen) atoms. The lowest BCUT2D eigenvalue weighted by molar-refractivity contribution is -0.121. The first-order chi connectivity index (χ1) is 13.3. The van der Waals surface area contributed by atoms with Crippen LogP contribution in [0.2, 0.25) is 5.02 Å². The van der Waals surface area contributed by atoms with Crippen LogP contribution in [0.15, 0.2) is 47.3 Å². The first kappa shape index (κ1) is 19.8. The summed E-state index contributed by atoms with van der Waals surface area (Å²) in [6.07, 6.45) is 0.0932. The van der Waals surface area contributed by atoms with Crippen molar-refractivity contribution >= 4 is 34.2 Å². The number of carbonyl (C=O) groups excluding carboxylic acids is 2. The smallest absolute Gasteiger partial charge is 0.253 e.